The summed E-state index contributed by atoms with van der Waals surface area (Å²) >= 11 is 0. The topological polar surface area (TPSA) is 47.6 Å². The summed E-state index contributed by atoms with van der Waals surface area (Å²) in [5.74, 6) is 0.814. The van der Waals surface area contributed by atoms with Gasteiger partial charge in [0.1, 0.15) is 19.0 Å². The number of carbonyl (C=O) groups excluding carboxylic acids is 1. The van der Waals surface area contributed by atoms with Gasteiger partial charge in [0.2, 0.25) is 0 Å². The molecule has 0 bridgehead atoms. The molecule has 128 valence electrons. The zero-order chi connectivity index (χ0) is 16.3. The molecule has 1 saturated heterocycles. The standard InChI is InChI=1S/C19H21NO3.ClH/c1-19(2)13-23-18(21)20-17(19)15-8-10-16(11-9-15)22-12-14-6-4-3-5-7-14;/h3-11,17H,12-13H2,1-2H3,(H,20,21);1H/t17-;/m1./s1. The van der Waals surface area contributed by atoms with Crippen LogP contribution in [0.2, 0.25) is 0 Å². The van der Waals surface area contributed by atoms with E-state index in [2.05, 4.69) is 19.2 Å². The summed E-state index contributed by atoms with van der Waals surface area (Å²) in [5.41, 5.74) is 2.04. The van der Waals surface area contributed by atoms with Gasteiger partial charge in [-0.1, -0.05) is 56.3 Å². The third-order valence-corrected chi connectivity index (χ3v) is 4.08. The van der Waals surface area contributed by atoms with Gasteiger partial charge in [-0.05, 0) is 23.3 Å². The number of alkyl carbamates (subject to hydrolysis) is 1. The predicted molar refractivity (Wildman–Crippen MR) is 95.5 cm³/mol. The molecular weight excluding hydrogens is 326 g/mol. The van der Waals surface area contributed by atoms with Crippen LogP contribution >= 0.6 is 12.4 Å². The fraction of sp³-hybridized carbons (Fsp3) is 0.316. The second-order valence-corrected chi connectivity index (χ2v) is 6.49. The first kappa shape index (κ1) is 18.1. The second-order valence-electron chi connectivity index (χ2n) is 6.49. The van der Waals surface area contributed by atoms with Crippen LogP contribution < -0.4 is 10.1 Å². The van der Waals surface area contributed by atoms with Gasteiger partial charge in [-0.15, -0.1) is 12.4 Å². The molecule has 0 aromatic heterocycles. The van der Waals surface area contributed by atoms with Crippen LogP contribution in [0.5, 0.6) is 5.75 Å². The molecule has 0 saturated carbocycles. The molecule has 1 fully saturated rings. The molecule has 2 aromatic rings. The Labute approximate surface area is 148 Å². The van der Waals surface area contributed by atoms with E-state index in [4.69, 9.17) is 9.47 Å². The lowest BCUT2D eigenvalue weighted by Crippen LogP contribution is -2.46. The number of hydrogen-bond donors (Lipinski definition) is 1. The van der Waals surface area contributed by atoms with E-state index >= 15 is 0 Å². The molecular formula is C19H22ClNO3. The summed E-state index contributed by atoms with van der Waals surface area (Å²) in [7, 11) is 0. The molecule has 5 heteroatoms. The summed E-state index contributed by atoms with van der Waals surface area (Å²) in [6.45, 7) is 5.11. The summed E-state index contributed by atoms with van der Waals surface area (Å²) in [6, 6.07) is 17.9. The number of rotatable bonds is 4. The molecule has 1 N–H and O–H groups in total. The third-order valence-electron chi connectivity index (χ3n) is 4.08. The van der Waals surface area contributed by atoms with Gasteiger partial charge in [0, 0.05) is 5.41 Å². The number of halogens is 1. The van der Waals surface area contributed by atoms with Crippen molar-refractivity contribution in [1.29, 1.82) is 0 Å². The average molecular weight is 348 g/mol. The monoisotopic (exact) mass is 347 g/mol. The molecule has 24 heavy (non-hydrogen) atoms. The molecule has 1 heterocycles. The average Bonchev–Trinajstić information content (AvgIpc) is 2.57. The van der Waals surface area contributed by atoms with E-state index < -0.39 is 0 Å². The zero-order valence-corrected chi connectivity index (χ0v) is 14.6. The highest BCUT2D eigenvalue weighted by Crippen LogP contribution is 2.36. The second kappa shape index (κ2) is 7.58. The molecule has 1 aliphatic heterocycles. The van der Waals surface area contributed by atoms with Crippen molar-refractivity contribution >= 4 is 18.5 Å². The van der Waals surface area contributed by atoms with Gasteiger partial charge in [-0.2, -0.15) is 0 Å². The maximum absolute atomic E-state index is 11.5. The van der Waals surface area contributed by atoms with Crippen LogP contribution in [0, 0.1) is 5.41 Å². The van der Waals surface area contributed by atoms with Crippen molar-refractivity contribution in [2.75, 3.05) is 6.61 Å². The van der Waals surface area contributed by atoms with Crippen molar-refractivity contribution in [3.05, 3.63) is 65.7 Å². The Hall–Kier alpha value is -2.20. The van der Waals surface area contributed by atoms with E-state index in [0.29, 0.717) is 13.2 Å². The Bertz CT molecular complexity index is 671. The highest BCUT2D eigenvalue weighted by Gasteiger charge is 2.37. The Balaban J connectivity index is 0.00000208. The van der Waals surface area contributed by atoms with Crippen molar-refractivity contribution < 1.29 is 14.3 Å². The van der Waals surface area contributed by atoms with Gasteiger partial charge >= 0.3 is 6.09 Å². The van der Waals surface area contributed by atoms with Crippen LogP contribution in [0.25, 0.3) is 0 Å². The van der Waals surface area contributed by atoms with Crippen molar-refractivity contribution in [1.82, 2.24) is 5.32 Å². The van der Waals surface area contributed by atoms with Crippen LogP contribution in [-0.2, 0) is 11.3 Å². The fourth-order valence-electron chi connectivity index (χ4n) is 2.72. The lowest BCUT2D eigenvalue weighted by Gasteiger charge is -2.38. The van der Waals surface area contributed by atoms with Crippen LogP contribution in [0.1, 0.15) is 31.0 Å². The van der Waals surface area contributed by atoms with Gasteiger partial charge in [0.15, 0.2) is 0 Å². The van der Waals surface area contributed by atoms with Gasteiger partial charge in [0.05, 0.1) is 6.04 Å². The minimum atomic E-state index is -0.362. The number of carbonyl (C=O) groups is 1. The highest BCUT2D eigenvalue weighted by atomic mass is 35.5. The molecule has 0 unspecified atom stereocenters. The zero-order valence-electron chi connectivity index (χ0n) is 13.8. The van der Waals surface area contributed by atoms with Crippen LogP contribution in [0.15, 0.2) is 54.6 Å². The molecule has 2 aromatic carbocycles. The van der Waals surface area contributed by atoms with Crippen molar-refractivity contribution in [2.24, 2.45) is 5.41 Å². The van der Waals surface area contributed by atoms with Crippen LogP contribution in [0.3, 0.4) is 0 Å². The number of ether oxygens (including phenoxy) is 2. The van der Waals surface area contributed by atoms with Crippen molar-refractivity contribution in [3.8, 4) is 5.75 Å². The smallest absolute Gasteiger partial charge is 0.407 e. The largest absolute Gasteiger partial charge is 0.489 e. The molecule has 1 aliphatic rings. The number of benzene rings is 2. The Morgan fingerprint density at radius 1 is 1.12 bits per heavy atom. The fourth-order valence-corrected chi connectivity index (χ4v) is 2.72. The molecule has 4 nitrogen and oxygen atoms in total. The van der Waals surface area contributed by atoms with E-state index in [0.717, 1.165) is 16.9 Å². The summed E-state index contributed by atoms with van der Waals surface area (Å²) < 4.78 is 10.9. The maximum atomic E-state index is 11.5. The molecule has 3 rings (SSSR count). The number of nitrogens with one attached hydrogen (secondary N) is 1. The lowest BCUT2D eigenvalue weighted by molar-refractivity contribution is 0.0387. The Morgan fingerprint density at radius 2 is 1.79 bits per heavy atom. The SMILES string of the molecule is CC1(C)COC(=O)N[C@@H]1c1ccc(OCc2ccccc2)cc1.Cl. The van der Waals surface area contributed by atoms with Crippen LogP contribution in [0.4, 0.5) is 4.79 Å². The number of amides is 1. The Kier molecular flexibility index (Phi) is 5.73. The number of hydrogen-bond acceptors (Lipinski definition) is 3. The first-order valence-electron chi connectivity index (χ1n) is 7.74. The minimum Gasteiger partial charge on any atom is -0.489 e. The van der Waals surface area contributed by atoms with Crippen molar-refractivity contribution in [3.63, 3.8) is 0 Å². The maximum Gasteiger partial charge on any atom is 0.407 e. The first-order chi connectivity index (χ1) is 11.0. The van der Waals surface area contributed by atoms with E-state index in [1.165, 1.54) is 0 Å². The highest BCUT2D eigenvalue weighted by molar-refractivity contribution is 5.85. The summed E-state index contributed by atoms with van der Waals surface area (Å²) in [6.07, 6.45) is -0.362. The van der Waals surface area contributed by atoms with E-state index in [1.807, 2.05) is 54.6 Å². The van der Waals surface area contributed by atoms with E-state index in [1.54, 1.807) is 0 Å². The van der Waals surface area contributed by atoms with Gasteiger partial charge < -0.3 is 14.8 Å². The van der Waals surface area contributed by atoms with E-state index in [-0.39, 0.29) is 30.0 Å². The Morgan fingerprint density at radius 3 is 2.46 bits per heavy atom. The molecule has 0 aliphatic carbocycles. The third kappa shape index (κ3) is 4.20. The van der Waals surface area contributed by atoms with Gasteiger partial charge in [0.25, 0.3) is 0 Å². The quantitative estimate of drug-likeness (QED) is 0.886. The molecule has 0 radical (unpaired) electrons. The normalized spacial score (nSPS) is 18.8. The van der Waals surface area contributed by atoms with Gasteiger partial charge in [-0.25, -0.2) is 4.79 Å². The first-order valence-corrected chi connectivity index (χ1v) is 7.74. The lowest BCUT2D eigenvalue weighted by atomic mass is 9.80. The summed E-state index contributed by atoms with van der Waals surface area (Å²) in [5, 5.41) is 2.90. The molecule has 1 atom stereocenters. The molecule has 1 amide bonds. The predicted octanol–water partition coefficient (Wildman–Crippen LogP) is 4.49. The summed E-state index contributed by atoms with van der Waals surface area (Å²) in [4.78, 5) is 11.5. The van der Waals surface area contributed by atoms with Crippen LogP contribution in [-0.4, -0.2) is 12.7 Å². The number of cyclic esters (lactones) is 1. The minimum absolute atomic E-state index is 0. The molecule has 0 spiro atoms. The van der Waals surface area contributed by atoms with Crippen molar-refractivity contribution in [2.45, 2.75) is 26.5 Å². The van der Waals surface area contributed by atoms with E-state index in [9.17, 15) is 4.79 Å². The van der Waals surface area contributed by atoms with Gasteiger partial charge in [-0.3, -0.25) is 0 Å².